The van der Waals surface area contributed by atoms with Gasteiger partial charge in [-0.1, -0.05) is 11.3 Å². The molecule has 7 nitrogen and oxygen atoms in total. The molecule has 2 saturated heterocycles. The van der Waals surface area contributed by atoms with Gasteiger partial charge in [0.1, 0.15) is 5.01 Å². The highest BCUT2D eigenvalue weighted by atomic mass is 35.5. The molecule has 124 valence electrons. The quantitative estimate of drug-likeness (QED) is 0.338. The van der Waals surface area contributed by atoms with Crippen LogP contribution in [0.15, 0.2) is 24.3 Å². The van der Waals surface area contributed by atoms with Gasteiger partial charge in [0, 0.05) is 29.2 Å². The summed E-state index contributed by atoms with van der Waals surface area (Å²) in [5.74, 6) is 1.71. The number of nitrogens with zero attached hydrogens (tertiary/aromatic N) is 4. The summed E-state index contributed by atoms with van der Waals surface area (Å²) < 4.78 is -0.481. The van der Waals surface area contributed by atoms with Crippen LogP contribution in [0.25, 0.3) is 10.6 Å². The minimum absolute atomic E-state index is 0.0177. The predicted octanol–water partition coefficient (Wildman–Crippen LogP) is 3.20. The highest BCUT2D eigenvalue weighted by Gasteiger charge is 2.64. The van der Waals surface area contributed by atoms with Crippen molar-refractivity contribution < 1.29 is 9.72 Å². The van der Waals surface area contributed by atoms with Crippen LogP contribution < -0.4 is 4.90 Å². The molecule has 1 spiro atoms. The predicted molar refractivity (Wildman–Crippen MR) is 96.8 cm³/mol. The van der Waals surface area contributed by atoms with E-state index in [1.807, 2.05) is 0 Å². The first-order chi connectivity index (χ1) is 11.5. The van der Waals surface area contributed by atoms with Crippen molar-refractivity contribution in [1.29, 1.82) is 0 Å². The smallest absolute Gasteiger partial charge is 0.269 e. The summed E-state index contributed by atoms with van der Waals surface area (Å²) in [7, 11) is 0. The number of aromatic nitrogens is 2. The second kappa shape index (κ2) is 5.87. The second-order valence-electron chi connectivity index (χ2n) is 5.06. The Labute approximate surface area is 153 Å². The number of nitro groups is 1. The van der Waals surface area contributed by atoms with Crippen molar-refractivity contribution in [2.75, 3.05) is 16.4 Å². The summed E-state index contributed by atoms with van der Waals surface area (Å²) in [5.41, 5.74) is 0.740. The number of carbonyl (C=O) groups is 1. The van der Waals surface area contributed by atoms with Gasteiger partial charge in [-0.2, -0.15) is 0 Å². The molecular weight excluding hydrogens is 392 g/mol. The van der Waals surface area contributed by atoms with Crippen LogP contribution in [-0.2, 0) is 4.79 Å². The monoisotopic (exact) mass is 400 g/mol. The van der Waals surface area contributed by atoms with Gasteiger partial charge in [-0.15, -0.1) is 45.3 Å². The van der Waals surface area contributed by atoms with Crippen LogP contribution >= 0.6 is 46.5 Å². The molecule has 0 aliphatic carbocycles. The van der Waals surface area contributed by atoms with Crippen molar-refractivity contribution in [3.8, 4) is 10.6 Å². The molecule has 24 heavy (non-hydrogen) atoms. The van der Waals surface area contributed by atoms with Gasteiger partial charge in [0.05, 0.1) is 4.92 Å². The van der Waals surface area contributed by atoms with Crippen molar-refractivity contribution in [2.45, 2.75) is 9.58 Å². The van der Waals surface area contributed by atoms with Gasteiger partial charge in [-0.3, -0.25) is 19.8 Å². The number of benzene rings is 1. The fraction of sp³-hybridized carbons (Fsp3) is 0.308. The lowest BCUT2D eigenvalue weighted by Crippen LogP contribution is -2.68. The van der Waals surface area contributed by atoms with E-state index in [-0.39, 0.29) is 11.6 Å². The molecule has 1 aromatic carbocycles. The molecule has 2 fully saturated rings. The number of β-lactam (4-membered cyclic amide) rings is 1. The van der Waals surface area contributed by atoms with Gasteiger partial charge in [-0.05, 0) is 12.1 Å². The topological polar surface area (TPSA) is 89.2 Å². The maximum absolute atomic E-state index is 12.2. The molecule has 11 heteroatoms. The summed E-state index contributed by atoms with van der Waals surface area (Å²) in [6, 6.07) is 6.09. The number of carbonyl (C=O) groups excluding carboxylic acids is 1. The largest absolute Gasteiger partial charge is 0.272 e. The lowest BCUT2D eigenvalue weighted by molar-refractivity contribution is -0.384. The third-order valence-electron chi connectivity index (χ3n) is 3.70. The van der Waals surface area contributed by atoms with Crippen molar-refractivity contribution in [2.24, 2.45) is 0 Å². The van der Waals surface area contributed by atoms with Gasteiger partial charge in [0.25, 0.3) is 11.6 Å². The van der Waals surface area contributed by atoms with Crippen molar-refractivity contribution in [1.82, 2.24) is 10.2 Å². The number of hydrogen-bond acceptors (Lipinski definition) is 8. The first-order valence-corrected chi connectivity index (χ1v) is 10.1. The molecule has 2 aliphatic rings. The van der Waals surface area contributed by atoms with Gasteiger partial charge >= 0.3 is 0 Å². The van der Waals surface area contributed by atoms with E-state index in [9.17, 15) is 14.9 Å². The fourth-order valence-electron chi connectivity index (χ4n) is 2.54. The van der Waals surface area contributed by atoms with Crippen molar-refractivity contribution in [3.05, 3.63) is 34.4 Å². The number of rotatable bonds is 3. The molecule has 0 saturated carbocycles. The van der Waals surface area contributed by atoms with Crippen LogP contribution in [0.2, 0.25) is 0 Å². The molecule has 2 aliphatic heterocycles. The average molecular weight is 401 g/mol. The second-order valence-corrected chi connectivity index (χ2v) is 9.35. The van der Waals surface area contributed by atoms with Crippen molar-refractivity contribution >= 4 is 63.2 Å². The standard InChI is InChI=1S/C13H9ClN4O3S3/c14-9-11(19)17(13(9)22-5-6-23-13)12-16-15-10(24-12)7-1-3-8(4-2-7)18(20)21/h1-4,9H,5-6H2. The highest BCUT2D eigenvalue weighted by Crippen LogP contribution is 2.58. The molecule has 3 heterocycles. The summed E-state index contributed by atoms with van der Waals surface area (Å²) in [4.78, 5) is 24.1. The third kappa shape index (κ3) is 2.32. The minimum Gasteiger partial charge on any atom is -0.272 e. The third-order valence-corrected chi connectivity index (χ3v) is 8.87. The minimum atomic E-state index is -0.554. The molecule has 1 unspecified atom stereocenters. The van der Waals surface area contributed by atoms with E-state index in [0.717, 1.165) is 17.1 Å². The normalized spacial score (nSPS) is 22.0. The van der Waals surface area contributed by atoms with E-state index in [1.54, 1.807) is 40.6 Å². The van der Waals surface area contributed by atoms with E-state index >= 15 is 0 Å². The maximum atomic E-state index is 12.2. The number of alkyl halides is 1. The Hall–Kier alpha value is -1.36. The van der Waals surface area contributed by atoms with Crippen LogP contribution in [0.5, 0.6) is 0 Å². The van der Waals surface area contributed by atoms with Crippen LogP contribution in [0.1, 0.15) is 0 Å². The zero-order valence-electron chi connectivity index (χ0n) is 11.9. The molecule has 1 aromatic heterocycles. The van der Waals surface area contributed by atoms with E-state index in [1.165, 1.54) is 23.5 Å². The summed E-state index contributed by atoms with van der Waals surface area (Å²) in [6.45, 7) is 0. The lowest BCUT2D eigenvalue weighted by Gasteiger charge is -2.49. The first kappa shape index (κ1) is 16.1. The number of non-ortho nitro benzene ring substituents is 1. The fourth-order valence-corrected chi connectivity index (χ4v) is 7.33. The Balaban J connectivity index is 1.63. The van der Waals surface area contributed by atoms with Crippen LogP contribution in [0.3, 0.4) is 0 Å². The summed E-state index contributed by atoms with van der Waals surface area (Å²) in [5, 5.41) is 19.5. The van der Waals surface area contributed by atoms with Gasteiger partial charge in [-0.25, -0.2) is 0 Å². The van der Waals surface area contributed by atoms with Crippen LogP contribution in [0.4, 0.5) is 10.8 Å². The van der Waals surface area contributed by atoms with Gasteiger partial charge < -0.3 is 0 Å². The zero-order chi connectivity index (χ0) is 16.9. The van der Waals surface area contributed by atoms with E-state index in [0.29, 0.717) is 10.1 Å². The zero-order valence-corrected chi connectivity index (χ0v) is 15.1. The SMILES string of the molecule is O=C1C(Cl)C2(SCCS2)N1c1nnc(-c2ccc([N+](=O)[O-])cc2)s1. The molecule has 0 bridgehead atoms. The number of halogens is 1. The van der Waals surface area contributed by atoms with Crippen molar-refractivity contribution in [3.63, 3.8) is 0 Å². The molecule has 0 N–H and O–H groups in total. The van der Waals surface area contributed by atoms with E-state index in [4.69, 9.17) is 11.6 Å². The number of amides is 1. The number of thioether (sulfide) groups is 2. The van der Waals surface area contributed by atoms with Gasteiger partial charge in [0.15, 0.2) is 9.58 Å². The number of nitro benzene ring substituents is 1. The van der Waals surface area contributed by atoms with E-state index < -0.39 is 14.5 Å². The van der Waals surface area contributed by atoms with Crippen LogP contribution in [0, 0.1) is 10.1 Å². The number of anilines is 1. The summed E-state index contributed by atoms with van der Waals surface area (Å²) >= 11 is 10.8. The molecule has 1 amide bonds. The Morgan fingerprint density at radius 3 is 2.54 bits per heavy atom. The highest BCUT2D eigenvalue weighted by molar-refractivity contribution is 8.21. The Morgan fingerprint density at radius 1 is 1.25 bits per heavy atom. The van der Waals surface area contributed by atoms with Gasteiger partial charge in [0.2, 0.25) is 5.13 Å². The molecule has 4 rings (SSSR count). The van der Waals surface area contributed by atoms with Crippen LogP contribution in [-0.4, -0.2) is 42.1 Å². The lowest BCUT2D eigenvalue weighted by atomic mass is 10.2. The summed E-state index contributed by atoms with van der Waals surface area (Å²) in [6.07, 6.45) is 0. The Bertz CT molecular complexity index is 822. The maximum Gasteiger partial charge on any atom is 0.269 e. The molecule has 2 aromatic rings. The first-order valence-electron chi connectivity index (χ1n) is 6.87. The number of hydrogen-bond donors (Lipinski definition) is 0. The Morgan fingerprint density at radius 2 is 1.92 bits per heavy atom. The van der Waals surface area contributed by atoms with E-state index in [2.05, 4.69) is 10.2 Å². The Kier molecular flexibility index (Phi) is 3.94. The molecule has 0 radical (unpaired) electrons. The molecular formula is C13H9ClN4O3S3. The molecule has 1 atom stereocenters. The average Bonchev–Trinajstić information content (AvgIpc) is 3.26.